The van der Waals surface area contributed by atoms with Crippen LogP contribution < -0.4 is 5.32 Å². The van der Waals surface area contributed by atoms with Crippen molar-refractivity contribution >= 4 is 17.0 Å². The van der Waals surface area contributed by atoms with E-state index < -0.39 is 5.95 Å². The van der Waals surface area contributed by atoms with Gasteiger partial charge in [-0.1, -0.05) is 0 Å². The van der Waals surface area contributed by atoms with Crippen LogP contribution in [0.1, 0.15) is 28.3 Å². The van der Waals surface area contributed by atoms with E-state index in [2.05, 4.69) is 37.1 Å². The molecule has 0 spiro atoms. The van der Waals surface area contributed by atoms with E-state index in [1.165, 1.54) is 27.6 Å². The molecule has 0 bridgehead atoms. The minimum absolute atomic E-state index is 0.168. The average Bonchev–Trinajstić information content (AvgIpc) is 2.58. The third-order valence-electron chi connectivity index (χ3n) is 2.66. The number of aryl methyl sites for hydroxylation is 2. The van der Waals surface area contributed by atoms with Crippen LogP contribution in [-0.2, 0) is 0 Å². The Morgan fingerprint density at radius 1 is 1.35 bits per heavy atom. The Balaban J connectivity index is 2.16. The molecule has 4 heteroatoms. The summed E-state index contributed by atoms with van der Waals surface area (Å²) in [5.41, 5.74) is 2.03. The number of pyridine rings is 1. The van der Waals surface area contributed by atoms with Crippen molar-refractivity contribution in [3.63, 3.8) is 0 Å². The molecule has 2 heterocycles. The molecular weight excluding hydrogens is 235 g/mol. The average molecular weight is 250 g/mol. The quantitative estimate of drug-likeness (QED) is 0.830. The molecule has 0 aliphatic rings. The van der Waals surface area contributed by atoms with Gasteiger partial charge in [0, 0.05) is 33.7 Å². The zero-order valence-electron chi connectivity index (χ0n) is 10.1. The van der Waals surface area contributed by atoms with Gasteiger partial charge in [0.2, 0.25) is 5.95 Å². The van der Waals surface area contributed by atoms with E-state index in [4.69, 9.17) is 0 Å². The van der Waals surface area contributed by atoms with Crippen LogP contribution in [0.4, 0.5) is 10.1 Å². The molecule has 0 aliphatic carbocycles. The monoisotopic (exact) mass is 250 g/mol. The van der Waals surface area contributed by atoms with Gasteiger partial charge in [-0.3, -0.25) is 0 Å². The maximum absolute atomic E-state index is 13.0. The summed E-state index contributed by atoms with van der Waals surface area (Å²) in [4.78, 5) is 6.14. The molecule has 2 nitrogen and oxygen atoms in total. The Morgan fingerprint density at radius 2 is 2.12 bits per heavy atom. The van der Waals surface area contributed by atoms with E-state index in [0.29, 0.717) is 0 Å². The number of thiophene rings is 1. The van der Waals surface area contributed by atoms with Crippen molar-refractivity contribution in [2.24, 2.45) is 0 Å². The first kappa shape index (κ1) is 12.0. The van der Waals surface area contributed by atoms with Gasteiger partial charge in [-0.15, -0.1) is 11.3 Å². The van der Waals surface area contributed by atoms with Crippen LogP contribution in [-0.4, -0.2) is 4.98 Å². The summed E-state index contributed by atoms with van der Waals surface area (Å²) in [7, 11) is 0. The smallest absolute Gasteiger partial charge is 0.214 e. The summed E-state index contributed by atoms with van der Waals surface area (Å²) in [5, 5.41) is 3.28. The summed E-state index contributed by atoms with van der Waals surface area (Å²) in [6.45, 7) is 6.28. The van der Waals surface area contributed by atoms with E-state index in [0.717, 1.165) is 5.69 Å². The molecule has 0 amide bonds. The number of anilines is 1. The second-order valence-corrected chi connectivity index (χ2v) is 5.56. The Hall–Kier alpha value is -1.42. The molecule has 1 N–H and O–H groups in total. The lowest BCUT2D eigenvalue weighted by molar-refractivity contribution is 0.584. The zero-order valence-corrected chi connectivity index (χ0v) is 10.9. The van der Waals surface area contributed by atoms with Gasteiger partial charge < -0.3 is 5.32 Å². The molecule has 1 unspecified atom stereocenters. The van der Waals surface area contributed by atoms with Gasteiger partial charge in [-0.25, -0.2) is 4.98 Å². The topological polar surface area (TPSA) is 24.9 Å². The molecule has 0 aliphatic heterocycles. The number of nitrogens with zero attached hydrogens (tertiary/aromatic N) is 1. The summed E-state index contributed by atoms with van der Waals surface area (Å²) in [5.74, 6) is -0.458. The highest BCUT2D eigenvalue weighted by atomic mass is 32.1. The summed E-state index contributed by atoms with van der Waals surface area (Å²) >= 11 is 1.78. The molecule has 90 valence electrons. The molecule has 2 rings (SSSR count). The highest BCUT2D eigenvalue weighted by molar-refractivity contribution is 7.12. The fourth-order valence-corrected chi connectivity index (χ4v) is 2.92. The van der Waals surface area contributed by atoms with E-state index >= 15 is 0 Å². The highest BCUT2D eigenvalue weighted by Crippen LogP contribution is 2.28. The zero-order chi connectivity index (χ0) is 12.4. The van der Waals surface area contributed by atoms with Crippen LogP contribution in [0.3, 0.4) is 0 Å². The standard InChI is InChI=1S/C13H15FN2S/c1-8-6-12(10(3)17-8)9(2)16-11-4-5-15-13(14)7-11/h4-7,9H,1-3H3,(H,15,16). The van der Waals surface area contributed by atoms with Gasteiger partial charge in [0.25, 0.3) is 0 Å². The van der Waals surface area contributed by atoms with E-state index in [1.54, 1.807) is 17.4 Å². The van der Waals surface area contributed by atoms with Crippen molar-refractivity contribution in [1.29, 1.82) is 0 Å². The molecular formula is C13H15FN2S. The lowest BCUT2D eigenvalue weighted by Crippen LogP contribution is -2.07. The van der Waals surface area contributed by atoms with Crippen molar-refractivity contribution in [1.82, 2.24) is 4.98 Å². The number of nitrogens with one attached hydrogen (secondary N) is 1. The normalized spacial score (nSPS) is 12.5. The van der Waals surface area contributed by atoms with Crippen molar-refractivity contribution in [3.8, 4) is 0 Å². The summed E-state index contributed by atoms with van der Waals surface area (Å²) < 4.78 is 13.0. The van der Waals surface area contributed by atoms with Gasteiger partial charge in [-0.2, -0.15) is 4.39 Å². The van der Waals surface area contributed by atoms with Crippen molar-refractivity contribution in [2.45, 2.75) is 26.8 Å². The maximum Gasteiger partial charge on any atom is 0.214 e. The fourth-order valence-electron chi connectivity index (χ4n) is 1.90. The van der Waals surface area contributed by atoms with Gasteiger partial charge in [0.15, 0.2) is 0 Å². The SMILES string of the molecule is Cc1cc(C(C)Nc2ccnc(F)c2)c(C)s1. The second-order valence-electron chi connectivity index (χ2n) is 4.10. The van der Waals surface area contributed by atoms with Gasteiger partial charge in [0.1, 0.15) is 0 Å². The Kier molecular flexibility index (Phi) is 3.43. The van der Waals surface area contributed by atoms with Gasteiger partial charge in [-0.05, 0) is 38.5 Å². The third kappa shape index (κ3) is 2.82. The number of rotatable bonds is 3. The van der Waals surface area contributed by atoms with Gasteiger partial charge >= 0.3 is 0 Å². The number of halogens is 1. The molecule has 0 saturated heterocycles. The fraction of sp³-hybridized carbons (Fsp3) is 0.308. The van der Waals surface area contributed by atoms with Gasteiger partial charge in [0.05, 0.1) is 0 Å². The van der Waals surface area contributed by atoms with Crippen LogP contribution in [0.2, 0.25) is 0 Å². The molecule has 2 aromatic heterocycles. The predicted octanol–water partition coefficient (Wildman–Crippen LogP) is 4.07. The number of aromatic nitrogens is 1. The lowest BCUT2D eigenvalue weighted by Gasteiger charge is -2.15. The molecule has 1 atom stereocenters. The van der Waals surface area contributed by atoms with E-state index in [1.807, 2.05) is 0 Å². The van der Waals surface area contributed by atoms with Crippen LogP contribution in [0.25, 0.3) is 0 Å². The van der Waals surface area contributed by atoms with Crippen molar-refractivity contribution in [3.05, 3.63) is 45.7 Å². The minimum Gasteiger partial charge on any atom is -0.378 e. The largest absolute Gasteiger partial charge is 0.378 e. The third-order valence-corrected chi connectivity index (χ3v) is 3.64. The first-order valence-electron chi connectivity index (χ1n) is 5.51. The van der Waals surface area contributed by atoms with Crippen LogP contribution >= 0.6 is 11.3 Å². The molecule has 17 heavy (non-hydrogen) atoms. The number of hydrogen-bond donors (Lipinski definition) is 1. The first-order chi connectivity index (χ1) is 8.06. The summed E-state index contributed by atoms with van der Waals surface area (Å²) in [6, 6.07) is 5.52. The Morgan fingerprint density at radius 3 is 2.71 bits per heavy atom. The summed E-state index contributed by atoms with van der Waals surface area (Å²) in [6.07, 6.45) is 1.47. The first-order valence-corrected chi connectivity index (χ1v) is 6.33. The molecule has 2 aromatic rings. The molecule has 0 fully saturated rings. The Bertz CT molecular complexity index is 522. The van der Waals surface area contributed by atoms with E-state index in [9.17, 15) is 4.39 Å². The molecule has 0 aromatic carbocycles. The van der Waals surface area contributed by atoms with Crippen LogP contribution in [0, 0.1) is 19.8 Å². The van der Waals surface area contributed by atoms with Crippen molar-refractivity contribution < 1.29 is 4.39 Å². The van der Waals surface area contributed by atoms with Crippen molar-refractivity contribution in [2.75, 3.05) is 5.32 Å². The lowest BCUT2D eigenvalue weighted by atomic mass is 10.1. The predicted molar refractivity (Wildman–Crippen MR) is 70.0 cm³/mol. The van der Waals surface area contributed by atoms with E-state index in [-0.39, 0.29) is 6.04 Å². The number of hydrogen-bond acceptors (Lipinski definition) is 3. The minimum atomic E-state index is -0.458. The highest BCUT2D eigenvalue weighted by Gasteiger charge is 2.11. The maximum atomic E-state index is 13.0. The van der Waals surface area contributed by atoms with Crippen LogP contribution in [0.15, 0.2) is 24.4 Å². The second kappa shape index (κ2) is 4.84. The van der Waals surface area contributed by atoms with Crippen LogP contribution in [0.5, 0.6) is 0 Å². The Labute approximate surface area is 105 Å². The molecule has 0 saturated carbocycles. The molecule has 0 radical (unpaired) electrons.